The maximum atomic E-state index is 12.4. The van der Waals surface area contributed by atoms with Crippen molar-refractivity contribution in [2.45, 2.75) is 19.4 Å². The minimum Gasteiger partial charge on any atom is -0.497 e. The number of aryl methyl sites for hydroxylation is 1. The lowest BCUT2D eigenvalue weighted by Gasteiger charge is -2.12. The maximum Gasteiger partial charge on any atom is 0.220 e. The Hall–Kier alpha value is -3.41. The van der Waals surface area contributed by atoms with Gasteiger partial charge in [0.05, 0.1) is 19.9 Å². The molecule has 1 N–H and O–H groups in total. The third kappa shape index (κ3) is 4.85. The van der Waals surface area contributed by atoms with Crippen molar-refractivity contribution < 1.29 is 14.3 Å². The van der Waals surface area contributed by atoms with E-state index in [0.717, 1.165) is 33.9 Å². The number of benzene rings is 1. The fraction of sp³-hybridized carbons (Fsp3) is 0.227. The molecule has 2 aromatic heterocycles. The highest BCUT2D eigenvalue weighted by Gasteiger charge is 2.10. The zero-order valence-corrected chi connectivity index (χ0v) is 16.0. The number of amides is 1. The second-order valence-corrected chi connectivity index (χ2v) is 6.20. The van der Waals surface area contributed by atoms with E-state index in [4.69, 9.17) is 9.47 Å². The molecule has 0 saturated carbocycles. The molecule has 0 unspecified atom stereocenters. The molecule has 0 bridgehead atoms. The number of hydrogen-bond acceptors (Lipinski definition) is 5. The molecule has 0 saturated heterocycles. The van der Waals surface area contributed by atoms with Gasteiger partial charge >= 0.3 is 0 Å². The molecule has 1 aromatic carbocycles. The molecule has 0 radical (unpaired) electrons. The molecule has 144 valence electrons. The summed E-state index contributed by atoms with van der Waals surface area (Å²) < 4.78 is 10.6. The van der Waals surface area contributed by atoms with Crippen LogP contribution in [0.25, 0.3) is 11.3 Å². The van der Waals surface area contributed by atoms with Crippen LogP contribution >= 0.6 is 0 Å². The predicted molar refractivity (Wildman–Crippen MR) is 107 cm³/mol. The molecule has 0 fully saturated rings. The van der Waals surface area contributed by atoms with E-state index in [-0.39, 0.29) is 5.91 Å². The minimum absolute atomic E-state index is 0.0256. The summed E-state index contributed by atoms with van der Waals surface area (Å²) in [5.74, 6) is 1.42. The summed E-state index contributed by atoms with van der Waals surface area (Å²) in [6.45, 7) is 0.421. The Balaban J connectivity index is 1.60. The largest absolute Gasteiger partial charge is 0.497 e. The quantitative estimate of drug-likeness (QED) is 0.651. The Kier molecular flexibility index (Phi) is 6.57. The highest BCUT2D eigenvalue weighted by atomic mass is 16.5. The molecular formula is C22H23N3O3. The van der Waals surface area contributed by atoms with E-state index < -0.39 is 0 Å². The van der Waals surface area contributed by atoms with Gasteiger partial charge in [-0.2, -0.15) is 0 Å². The lowest BCUT2D eigenvalue weighted by Crippen LogP contribution is -2.23. The van der Waals surface area contributed by atoms with Crippen LogP contribution < -0.4 is 14.8 Å². The van der Waals surface area contributed by atoms with Crippen molar-refractivity contribution in [3.05, 3.63) is 72.2 Å². The summed E-state index contributed by atoms with van der Waals surface area (Å²) in [6, 6.07) is 13.3. The number of carbonyl (C=O) groups excluding carboxylic acids is 1. The first kappa shape index (κ1) is 19.4. The highest BCUT2D eigenvalue weighted by molar-refractivity contribution is 5.76. The minimum atomic E-state index is -0.0256. The van der Waals surface area contributed by atoms with Crippen LogP contribution in [0.4, 0.5) is 0 Å². The van der Waals surface area contributed by atoms with Crippen LogP contribution in [0.1, 0.15) is 17.5 Å². The first-order chi connectivity index (χ1) is 13.7. The Morgan fingerprint density at radius 1 is 1.00 bits per heavy atom. The number of ether oxygens (including phenoxy) is 2. The molecule has 2 heterocycles. The third-order valence-corrected chi connectivity index (χ3v) is 4.44. The number of methoxy groups -OCH3 is 2. The fourth-order valence-electron chi connectivity index (χ4n) is 2.94. The standard InChI is InChI=1S/C22H23N3O3/c1-27-19-7-5-16(20(14-19)28-2)6-8-21(26)25-15-18-4-3-11-24-22(18)17-9-12-23-13-10-17/h3-5,7,9-14H,6,8,15H2,1-2H3,(H,25,26). The van der Waals surface area contributed by atoms with E-state index in [0.29, 0.717) is 19.4 Å². The molecule has 28 heavy (non-hydrogen) atoms. The molecule has 6 heteroatoms. The van der Waals surface area contributed by atoms with Gasteiger partial charge in [-0.3, -0.25) is 14.8 Å². The summed E-state index contributed by atoms with van der Waals surface area (Å²) in [5, 5.41) is 2.98. The maximum absolute atomic E-state index is 12.4. The average molecular weight is 377 g/mol. The van der Waals surface area contributed by atoms with Crippen LogP contribution in [-0.2, 0) is 17.8 Å². The molecule has 0 aliphatic rings. The molecule has 6 nitrogen and oxygen atoms in total. The molecule has 0 atom stereocenters. The van der Waals surface area contributed by atoms with E-state index >= 15 is 0 Å². The van der Waals surface area contributed by atoms with Crippen LogP contribution in [0.5, 0.6) is 11.5 Å². The summed E-state index contributed by atoms with van der Waals surface area (Å²) in [4.78, 5) is 20.8. The van der Waals surface area contributed by atoms with Gasteiger partial charge in [-0.15, -0.1) is 0 Å². The zero-order valence-electron chi connectivity index (χ0n) is 16.0. The summed E-state index contributed by atoms with van der Waals surface area (Å²) in [6.07, 6.45) is 6.16. The number of nitrogens with zero attached hydrogens (tertiary/aromatic N) is 2. The van der Waals surface area contributed by atoms with Crippen molar-refractivity contribution in [2.75, 3.05) is 14.2 Å². The molecule has 1 amide bonds. The molecule has 3 aromatic rings. The lowest BCUT2D eigenvalue weighted by atomic mass is 10.1. The predicted octanol–water partition coefficient (Wildman–Crippen LogP) is 3.41. The second-order valence-electron chi connectivity index (χ2n) is 6.20. The lowest BCUT2D eigenvalue weighted by molar-refractivity contribution is -0.121. The van der Waals surface area contributed by atoms with Gasteiger partial charge in [0, 0.05) is 43.2 Å². The van der Waals surface area contributed by atoms with E-state index in [1.807, 2.05) is 42.5 Å². The van der Waals surface area contributed by atoms with Gasteiger partial charge < -0.3 is 14.8 Å². The molecule has 3 rings (SSSR count). The van der Waals surface area contributed by atoms with Crippen molar-refractivity contribution >= 4 is 5.91 Å². The van der Waals surface area contributed by atoms with E-state index in [1.54, 1.807) is 32.8 Å². The topological polar surface area (TPSA) is 73.3 Å². The SMILES string of the molecule is COc1ccc(CCC(=O)NCc2cccnc2-c2ccncc2)c(OC)c1. The number of nitrogens with one attached hydrogen (secondary N) is 1. The second kappa shape index (κ2) is 9.50. The monoisotopic (exact) mass is 377 g/mol. The third-order valence-electron chi connectivity index (χ3n) is 4.44. The van der Waals surface area contributed by atoms with Gasteiger partial charge in [0.2, 0.25) is 5.91 Å². The van der Waals surface area contributed by atoms with Gasteiger partial charge in [-0.1, -0.05) is 12.1 Å². The average Bonchev–Trinajstić information content (AvgIpc) is 2.76. The summed E-state index contributed by atoms with van der Waals surface area (Å²) >= 11 is 0. The van der Waals surface area contributed by atoms with Crippen molar-refractivity contribution in [2.24, 2.45) is 0 Å². The smallest absolute Gasteiger partial charge is 0.220 e. The van der Waals surface area contributed by atoms with Crippen molar-refractivity contribution in [3.8, 4) is 22.8 Å². The fourth-order valence-corrected chi connectivity index (χ4v) is 2.94. The van der Waals surface area contributed by atoms with E-state index in [2.05, 4.69) is 15.3 Å². The number of hydrogen-bond donors (Lipinski definition) is 1. The van der Waals surface area contributed by atoms with Crippen LogP contribution in [0.3, 0.4) is 0 Å². The van der Waals surface area contributed by atoms with Crippen molar-refractivity contribution in [1.29, 1.82) is 0 Å². The van der Waals surface area contributed by atoms with Crippen LogP contribution in [0.15, 0.2) is 61.1 Å². The van der Waals surface area contributed by atoms with Crippen LogP contribution in [0.2, 0.25) is 0 Å². The van der Waals surface area contributed by atoms with E-state index in [9.17, 15) is 4.79 Å². The van der Waals surface area contributed by atoms with Gasteiger partial charge in [0.1, 0.15) is 11.5 Å². The molecule has 0 aliphatic carbocycles. The molecule has 0 aliphatic heterocycles. The van der Waals surface area contributed by atoms with E-state index in [1.165, 1.54) is 0 Å². The van der Waals surface area contributed by atoms with Crippen LogP contribution in [0, 0.1) is 0 Å². The number of rotatable bonds is 8. The Bertz CT molecular complexity index is 929. The van der Waals surface area contributed by atoms with Gasteiger partial charge in [-0.05, 0) is 41.8 Å². The number of carbonyl (C=O) groups is 1. The van der Waals surface area contributed by atoms with Crippen molar-refractivity contribution in [1.82, 2.24) is 15.3 Å². The summed E-state index contributed by atoms with van der Waals surface area (Å²) in [7, 11) is 3.22. The van der Waals surface area contributed by atoms with Gasteiger partial charge in [0.25, 0.3) is 0 Å². The van der Waals surface area contributed by atoms with Crippen molar-refractivity contribution in [3.63, 3.8) is 0 Å². The molecular weight excluding hydrogens is 354 g/mol. The zero-order chi connectivity index (χ0) is 19.8. The Morgan fingerprint density at radius 3 is 2.57 bits per heavy atom. The first-order valence-electron chi connectivity index (χ1n) is 9.03. The Morgan fingerprint density at radius 2 is 1.82 bits per heavy atom. The number of pyridine rings is 2. The molecule has 0 spiro atoms. The van der Waals surface area contributed by atoms with Gasteiger partial charge in [0.15, 0.2) is 0 Å². The Labute approximate surface area is 164 Å². The highest BCUT2D eigenvalue weighted by Crippen LogP contribution is 2.25. The summed E-state index contributed by atoms with van der Waals surface area (Å²) in [5.41, 5.74) is 3.76. The van der Waals surface area contributed by atoms with Crippen LogP contribution in [-0.4, -0.2) is 30.1 Å². The van der Waals surface area contributed by atoms with Gasteiger partial charge in [-0.25, -0.2) is 0 Å². The normalized spacial score (nSPS) is 10.4. The number of aromatic nitrogens is 2. The first-order valence-corrected chi connectivity index (χ1v) is 9.03.